The second kappa shape index (κ2) is 4.66. The molecule has 1 N–H and O–H groups in total. The molecule has 1 aromatic heterocycles. The average Bonchev–Trinajstić information content (AvgIpc) is 2.63. The Morgan fingerprint density at radius 3 is 2.44 bits per heavy atom. The Morgan fingerprint density at radius 1 is 1.19 bits per heavy atom. The van der Waals surface area contributed by atoms with E-state index in [0.717, 1.165) is 11.6 Å². The Kier molecular flexibility index (Phi) is 3.25. The predicted octanol–water partition coefficient (Wildman–Crippen LogP) is 3.68. The van der Waals surface area contributed by atoms with Crippen LogP contribution in [-0.2, 0) is 6.54 Å². The number of aryl methyl sites for hydroxylation is 3. The third kappa shape index (κ3) is 2.42. The molecule has 0 aliphatic carbocycles. The van der Waals surface area contributed by atoms with Crippen molar-refractivity contribution in [2.24, 2.45) is 0 Å². The molecule has 0 bridgehead atoms. The molecule has 2 nitrogen and oxygen atoms in total. The van der Waals surface area contributed by atoms with Gasteiger partial charge in [-0.1, -0.05) is 18.2 Å². The van der Waals surface area contributed by atoms with Crippen molar-refractivity contribution in [2.75, 3.05) is 5.32 Å². The molecular weight excluding hydrogens is 216 g/mol. The van der Waals surface area contributed by atoms with E-state index in [1.54, 1.807) is 11.3 Å². The van der Waals surface area contributed by atoms with E-state index in [1.807, 2.05) is 13.1 Å². The van der Waals surface area contributed by atoms with Gasteiger partial charge < -0.3 is 5.32 Å². The molecule has 84 valence electrons. The second-order valence-electron chi connectivity index (χ2n) is 3.97. The van der Waals surface area contributed by atoms with Crippen LogP contribution in [0.3, 0.4) is 0 Å². The highest BCUT2D eigenvalue weighted by molar-refractivity contribution is 7.11. The van der Waals surface area contributed by atoms with Gasteiger partial charge in [0.2, 0.25) is 0 Å². The largest absolute Gasteiger partial charge is 0.380 e. The summed E-state index contributed by atoms with van der Waals surface area (Å²) < 4.78 is 0. The summed E-state index contributed by atoms with van der Waals surface area (Å²) in [5, 5.41) is 4.60. The average molecular weight is 232 g/mol. The zero-order chi connectivity index (χ0) is 11.5. The molecular formula is C13H16N2S. The first kappa shape index (κ1) is 11.1. The summed E-state index contributed by atoms with van der Waals surface area (Å²) in [6.45, 7) is 7.16. The van der Waals surface area contributed by atoms with Crippen LogP contribution in [0.15, 0.2) is 24.4 Å². The number of hydrogen-bond acceptors (Lipinski definition) is 3. The summed E-state index contributed by atoms with van der Waals surface area (Å²) in [6.07, 6.45) is 1.95. The summed E-state index contributed by atoms with van der Waals surface area (Å²) in [7, 11) is 0. The summed E-state index contributed by atoms with van der Waals surface area (Å²) in [5.41, 5.74) is 3.83. The lowest BCUT2D eigenvalue weighted by Gasteiger charge is -2.11. The normalized spacial score (nSPS) is 10.4. The number of benzene rings is 1. The number of aromatic nitrogens is 1. The molecule has 16 heavy (non-hydrogen) atoms. The van der Waals surface area contributed by atoms with Crippen molar-refractivity contribution >= 4 is 17.0 Å². The van der Waals surface area contributed by atoms with E-state index in [2.05, 4.69) is 42.3 Å². The van der Waals surface area contributed by atoms with E-state index < -0.39 is 0 Å². The first-order valence-electron chi connectivity index (χ1n) is 5.38. The fourth-order valence-electron chi connectivity index (χ4n) is 1.76. The van der Waals surface area contributed by atoms with Crippen LogP contribution in [0.2, 0.25) is 0 Å². The standard InChI is InChI=1S/C13H16N2S/c1-9-5-4-6-10(2)13(9)15-8-12-7-14-11(3)16-12/h4-7,15H,8H2,1-3H3. The van der Waals surface area contributed by atoms with E-state index in [9.17, 15) is 0 Å². The van der Waals surface area contributed by atoms with Crippen molar-refractivity contribution in [3.63, 3.8) is 0 Å². The molecule has 0 saturated heterocycles. The number of nitrogens with one attached hydrogen (secondary N) is 1. The van der Waals surface area contributed by atoms with Crippen LogP contribution < -0.4 is 5.32 Å². The van der Waals surface area contributed by atoms with Gasteiger partial charge in [0, 0.05) is 16.8 Å². The van der Waals surface area contributed by atoms with Gasteiger partial charge in [-0.25, -0.2) is 4.98 Å². The van der Waals surface area contributed by atoms with Crippen LogP contribution in [0.5, 0.6) is 0 Å². The molecule has 0 saturated carbocycles. The molecule has 0 atom stereocenters. The minimum Gasteiger partial charge on any atom is -0.380 e. The first-order chi connectivity index (χ1) is 7.66. The van der Waals surface area contributed by atoms with Crippen LogP contribution in [0.4, 0.5) is 5.69 Å². The zero-order valence-corrected chi connectivity index (χ0v) is 10.7. The fourth-order valence-corrected chi connectivity index (χ4v) is 2.49. The number of anilines is 1. The number of para-hydroxylation sites is 1. The highest BCUT2D eigenvalue weighted by Gasteiger charge is 2.02. The number of nitrogens with zero attached hydrogens (tertiary/aromatic N) is 1. The minimum atomic E-state index is 0.858. The van der Waals surface area contributed by atoms with E-state index in [1.165, 1.54) is 21.7 Å². The van der Waals surface area contributed by atoms with Crippen LogP contribution in [0.1, 0.15) is 21.0 Å². The lowest BCUT2D eigenvalue weighted by molar-refractivity contribution is 1.15. The van der Waals surface area contributed by atoms with Crippen molar-refractivity contribution in [3.8, 4) is 0 Å². The summed E-state index contributed by atoms with van der Waals surface area (Å²) in [4.78, 5) is 5.53. The number of hydrogen-bond donors (Lipinski definition) is 1. The smallest absolute Gasteiger partial charge is 0.0897 e. The van der Waals surface area contributed by atoms with Gasteiger partial charge in [0.05, 0.1) is 11.6 Å². The van der Waals surface area contributed by atoms with Gasteiger partial charge in [0.25, 0.3) is 0 Å². The molecule has 0 fully saturated rings. The van der Waals surface area contributed by atoms with Gasteiger partial charge in [0.15, 0.2) is 0 Å². The van der Waals surface area contributed by atoms with Gasteiger partial charge >= 0.3 is 0 Å². The third-order valence-corrected chi connectivity index (χ3v) is 3.50. The van der Waals surface area contributed by atoms with Crippen molar-refractivity contribution in [1.82, 2.24) is 4.98 Å². The first-order valence-corrected chi connectivity index (χ1v) is 6.20. The molecule has 2 aromatic rings. The van der Waals surface area contributed by atoms with Crippen molar-refractivity contribution < 1.29 is 0 Å². The lowest BCUT2D eigenvalue weighted by Crippen LogP contribution is -2.01. The highest BCUT2D eigenvalue weighted by atomic mass is 32.1. The van der Waals surface area contributed by atoms with Gasteiger partial charge in [-0.05, 0) is 31.9 Å². The topological polar surface area (TPSA) is 24.9 Å². The van der Waals surface area contributed by atoms with Crippen LogP contribution in [0, 0.1) is 20.8 Å². The van der Waals surface area contributed by atoms with Gasteiger partial charge in [-0.15, -0.1) is 11.3 Å². The molecule has 1 aromatic carbocycles. The Labute approximate surface area is 100 Å². The minimum absolute atomic E-state index is 0.858. The van der Waals surface area contributed by atoms with Crippen molar-refractivity contribution in [2.45, 2.75) is 27.3 Å². The lowest BCUT2D eigenvalue weighted by atomic mass is 10.1. The summed E-state index contributed by atoms with van der Waals surface area (Å²) >= 11 is 1.75. The molecule has 3 heteroatoms. The maximum atomic E-state index is 4.25. The molecule has 0 aliphatic rings. The molecule has 0 aliphatic heterocycles. The monoisotopic (exact) mass is 232 g/mol. The number of thiazole rings is 1. The molecule has 0 amide bonds. The van der Waals surface area contributed by atoms with Crippen molar-refractivity contribution in [1.29, 1.82) is 0 Å². The van der Waals surface area contributed by atoms with Gasteiger partial charge in [0.1, 0.15) is 0 Å². The quantitative estimate of drug-likeness (QED) is 0.873. The zero-order valence-electron chi connectivity index (χ0n) is 9.87. The van der Waals surface area contributed by atoms with E-state index in [0.29, 0.717) is 0 Å². The van der Waals surface area contributed by atoms with Crippen molar-refractivity contribution in [3.05, 3.63) is 45.4 Å². The van der Waals surface area contributed by atoms with E-state index in [-0.39, 0.29) is 0 Å². The SMILES string of the molecule is Cc1ncc(CNc2c(C)cccc2C)s1. The molecule has 0 unspecified atom stereocenters. The Balaban J connectivity index is 2.10. The Morgan fingerprint density at radius 2 is 1.88 bits per heavy atom. The maximum absolute atomic E-state index is 4.25. The van der Waals surface area contributed by atoms with E-state index in [4.69, 9.17) is 0 Å². The van der Waals surface area contributed by atoms with Gasteiger partial charge in [-0.2, -0.15) is 0 Å². The second-order valence-corrected chi connectivity index (χ2v) is 5.29. The molecule has 2 rings (SSSR count). The molecule has 0 spiro atoms. The van der Waals surface area contributed by atoms with Crippen LogP contribution in [-0.4, -0.2) is 4.98 Å². The van der Waals surface area contributed by atoms with Crippen LogP contribution >= 0.6 is 11.3 Å². The Hall–Kier alpha value is -1.35. The molecule has 0 radical (unpaired) electrons. The number of rotatable bonds is 3. The van der Waals surface area contributed by atoms with Gasteiger partial charge in [-0.3, -0.25) is 0 Å². The highest BCUT2D eigenvalue weighted by Crippen LogP contribution is 2.21. The fraction of sp³-hybridized carbons (Fsp3) is 0.308. The predicted molar refractivity (Wildman–Crippen MR) is 70.1 cm³/mol. The third-order valence-electron chi connectivity index (χ3n) is 2.59. The van der Waals surface area contributed by atoms with Crippen LogP contribution in [0.25, 0.3) is 0 Å². The molecule has 1 heterocycles. The summed E-state index contributed by atoms with van der Waals surface area (Å²) in [5.74, 6) is 0. The van der Waals surface area contributed by atoms with E-state index >= 15 is 0 Å². The summed E-state index contributed by atoms with van der Waals surface area (Å²) in [6, 6.07) is 6.35. The maximum Gasteiger partial charge on any atom is 0.0897 e. The Bertz CT molecular complexity index is 468.